The highest BCUT2D eigenvalue weighted by Gasteiger charge is 2.31. The van der Waals surface area contributed by atoms with Crippen molar-refractivity contribution in [3.63, 3.8) is 0 Å². The average molecular weight is 306 g/mol. The van der Waals surface area contributed by atoms with Crippen LogP contribution in [0.4, 0.5) is 13.2 Å². The number of alkyl halides is 3. The summed E-state index contributed by atoms with van der Waals surface area (Å²) in [6.07, 6.45) is -3.83. The minimum Gasteiger partial charge on any atom is -0.464 e. The van der Waals surface area contributed by atoms with Crippen molar-refractivity contribution in [1.82, 2.24) is 20.3 Å². The van der Waals surface area contributed by atoms with Crippen LogP contribution in [0.5, 0.6) is 0 Å². The Kier molecular flexibility index (Phi) is 4.81. The molecule has 1 saturated heterocycles. The van der Waals surface area contributed by atoms with E-state index in [1.54, 1.807) is 0 Å². The predicted octanol–water partition coefficient (Wildman–Crippen LogP) is 1.48. The van der Waals surface area contributed by atoms with Gasteiger partial charge in [0.15, 0.2) is 5.69 Å². The van der Waals surface area contributed by atoms with Crippen LogP contribution in [0.15, 0.2) is 0 Å². The summed E-state index contributed by atoms with van der Waals surface area (Å²) in [7, 11) is 1.21. The molecule has 118 valence electrons. The SMILES string of the molecule is COC(=O)c1nnn(CCC(F)(F)F)c1C1CCNCC1. The number of aromatic nitrogens is 3. The van der Waals surface area contributed by atoms with E-state index in [2.05, 4.69) is 20.4 Å². The van der Waals surface area contributed by atoms with Gasteiger partial charge in [-0.25, -0.2) is 9.48 Å². The third kappa shape index (κ3) is 3.93. The first-order chi connectivity index (χ1) is 9.92. The first-order valence-electron chi connectivity index (χ1n) is 6.71. The number of ether oxygens (including phenoxy) is 1. The highest BCUT2D eigenvalue weighted by molar-refractivity contribution is 5.88. The monoisotopic (exact) mass is 306 g/mol. The topological polar surface area (TPSA) is 69.0 Å². The molecule has 21 heavy (non-hydrogen) atoms. The summed E-state index contributed by atoms with van der Waals surface area (Å²) in [6, 6.07) is 0. The molecule has 0 spiro atoms. The zero-order valence-electron chi connectivity index (χ0n) is 11.6. The summed E-state index contributed by atoms with van der Waals surface area (Å²) in [5, 5.41) is 10.6. The maximum Gasteiger partial charge on any atom is 0.390 e. The molecule has 0 radical (unpaired) electrons. The van der Waals surface area contributed by atoms with Gasteiger partial charge in [0, 0.05) is 5.92 Å². The molecule has 9 heteroatoms. The van der Waals surface area contributed by atoms with Crippen LogP contribution in [-0.4, -0.2) is 47.3 Å². The van der Waals surface area contributed by atoms with Gasteiger partial charge in [0.05, 0.1) is 25.8 Å². The van der Waals surface area contributed by atoms with E-state index in [-0.39, 0.29) is 18.2 Å². The fourth-order valence-corrected chi connectivity index (χ4v) is 2.46. The normalized spacial score (nSPS) is 17.0. The van der Waals surface area contributed by atoms with Crippen molar-refractivity contribution in [3.8, 4) is 0 Å². The first kappa shape index (κ1) is 15.7. The van der Waals surface area contributed by atoms with E-state index in [0.29, 0.717) is 5.69 Å². The predicted molar refractivity (Wildman–Crippen MR) is 66.9 cm³/mol. The van der Waals surface area contributed by atoms with Gasteiger partial charge in [0.2, 0.25) is 0 Å². The zero-order chi connectivity index (χ0) is 15.5. The molecule has 6 nitrogen and oxygen atoms in total. The maximum atomic E-state index is 12.4. The van der Waals surface area contributed by atoms with Gasteiger partial charge >= 0.3 is 12.1 Å². The number of nitrogens with zero attached hydrogens (tertiary/aromatic N) is 3. The van der Waals surface area contributed by atoms with Gasteiger partial charge in [0.1, 0.15) is 0 Å². The Morgan fingerprint density at radius 1 is 1.43 bits per heavy atom. The van der Waals surface area contributed by atoms with Crippen LogP contribution >= 0.6 is 0 Å². The Morgan fingerprint density at radius 2 is 2.10 bits per heavy atom. The molecular weight excluding hydrogens is 289 g/mol. The van der Waals surface area contributed by atoms with Gasteiger partial charge in [-0.15, -0.1) is 5.10 Å². The highest BCUT2D eigenvalue weighted by atomic mass is 19.4. The summed E-state index contributed by atoms with van der Waals surface area (Å²) in [5.74, 6) is -0.703. The number of piperidine rings is 1. The number of nitrogens with one attached hydrogen (secondary N) is 1. The molecule has 2 rings (SSSR count). The Labute approximate surface area is 119 Å². The Bertz CT molecular complexity index is 495. The summed E-state index contributed by atoms with van der Waals surface area (Å²) in [5.41, 5.74) is 0.471. The second-order valence-corrected chi connectivity index (χ2v) is 4.93. The third-order valence-corrected chi connectivity index (χ3v) is 3.49. The van der Waals surface area contributed by atoms with E-state index in [4.69, 9.17) is 0 Å². The standard InChI is InChI=1S/C12H17F3N4O2/c1-21-11(20)9-10(8-2-5-16-6-3-8)19(18-17-9)7-4-12(13,14)15/h8,16H,2-7H2,1H3. The molecule has 0 saturated carbocycles. The fourth-order valence-electron chi connectivity index (χ4n) is 2.46. The van der Waals surface area contributed by atoms with Crippen molar-refractivity contribution in [1.29, 1.82) is 0 Å². The number of hydrogen-bond donors (Lipinski definition) is 1. The van der Waals surface area contributed by atoms with E-state index in [1.165, 1.54) is 11.8 Å². The molecule has 0 unspecified atom stereocenters. The van der Waals surface area contributed by atoms with E-state index < -0.39 is 18.6 Å². The third-order valence-electron chi connectivity index (χ3n) is 3.49. The Balaban J connectivity index is 2.26. The van der Waals surface area contributed by atoms with Crippen molar-refractivity contribution in [2.24, 2.45) is 0 Å². The second-order valence-electron chi connectivity index (χ2n) is 4.93. The smallest absolute Gasteiger partial charge is 0.390 e. The first-order valence-corrected chi connectivity index (χ1v) is 6.71. The number of methoxy groups -OCH3 is 1. The van der Waals surface area contributed by atoms with E-state index in [1.807, 2.05) is 0 Å². The molecule has 2 heterocycles. The molecule has 1 N–H and O–H groups in total. The van der Waals surface area contributed by atoms with Crippen LogP contribution in [0, 0.1) is 0 Å². The van der Waals surface area contributed by atoms with Crippen LogP contribution in [-0.2, 0) is 11.3 Å². The Hall–Kier alpha value is -1.64. The number of halogens is 3. The molecule has 0 atom stereocenters. The number of hydrogen-bond acceptors (Lipinski definition) is 5. The maximum absolute atomic E-state index is 12.4. The minimum absolute atomic E-state index is 0.0200. The molecule has 1 aromatic heterocycles. The van der Waals surface area contributed by atoms with Gasteiger partial charge < -0.3 is 10.1 Å². The molecule has 1 aliphatic heterocycles. The molecule has 0 amide bonds. The van der Waals surface area contributed by atoms with Crippen LogP contribution in [0.1, 0.15) is 41.4 Å². The average Bonchev–Trinajstić information content (AvgIpc) is 2.88. The van der Waals surface area contributed by atoms with E-state index >= 15 is 0 Å². The van der Waals surface area contributed by atoms with Crippen molar-refractivity contribution in [3.05, 3.63) is 11.4 Å². The van der Waals surface area contributed by atoms with Gasteiger partial charge in [-0.3, -0.25) is 0 Å². The Morgan fingerprint density at radius 3 is 2.67 bits per heavy atom. The van der Waals surface area contributed by atoms with Crippen molar-refractivity contribution in [2.75, 3.05) is 20.2 Å². The van der Waals surface area contributed by atoms with Gasteiger partial charge in [-0.05, 0) is 25.9 Å². The molecule has 0 aromatic carbocycles. The molecule has 0 aliphatic carbocycles. The number of rotatable bonds is 4. The van der Waals surface area contributed by atoms with E-state index in [0.717, 1.165) is 25.9 Å². The lowest BCUT2D eigenvalue weighted by Gasteiger charge is -2.23. The number of esters is 1. The highest BCUT2D eigenvalue weighted by Crippen LogP contribution is 2.29. The van der Waals surface area contributed by atoms with E-state index in [9.17, 15) is 18.0 Å². The quantitative estimate of drug-likeness (QED) is 0.853. The van der Waals surface area contributed by atoms with Gasteiger partial charge in [-0.2, -0.15) is 13.2 Å². The molecule has 1 fully saturated rings. The second kappa shape index (κ2) is 6.42. The van der Waals surface area contributed by atoms with Crippen LogP contribution in [0.25, 0.3) is 0 Å². The lowest BCUT2D eigenvalue weighted by atomic mass is 9.93. The lowest BCUT2D eigenvalue weighted by molar-refractivity contribution is -0.137. The molecule has 0 bridgehead atoms. The summed E-state index contributed by atoms with van der Waals surface area (Å²) in [4.78, 5) is 11.7. The molecule has 1 aliphatic rings. The van der Waals surface area contributed by atoms with Crippen molar-refractivity contribution < 1.29 is 22.7 Å². The van der Waals surface area contributed by atoms with Crippen LogP contribution < -0.4 is 5.32 Å². The lowest BCUT2D eigenvalue weighted by Crippen LogP contribution is -2.29. The summed E-state index contributed by atoms with van der Waals surface area (Å²) in [6.45, 7) is 1.15. The number of carbonyl (C=O) groups excluding carboxylic acids is 1. The molecular formula is C12H17F3N4O2. The van der Waals surface area contributed by atoms with Crippen LogP contribution in [0.3, 0.4) is 0 Å². The van der Waals surface area contributed by atoms with Crippen LogP contribution in [0.2, 0.25) is 0 Å². The molecule has 1 aromatic rings. The summed E-state index contributed by atoms with van der Waals surface area (Å²) < 4.78 is 43.0. The largest absolute Gasteiger partial charge is 0.464 e. The van der Waals surface area contributed by atoms with Crippen molar-refractivity contribution in [2.45, 2.75) is 37.9 Å². The fraction of sp³-hybridized carbons (Fsp3) is 0.750. The van der Waals surface area contributed by atoms with Crippen molar-refractivity contribution >= 4 is 5.97 Å². The zero-order valence-corrected chi connectivity index (χ0v) is 11.6. The van der Waals surface area contributed by atoms with Gasteiger partial charge in [-0.1, -0.05) is 5.21 Å². The summed E-state index contributed by atoms with van der Waals surface area (Å²) >= 11 is 0. The number of aryl methyl sites for hydroxylation is 1. The number of carbonyl (C=O) groups is 1. The van der Waals surface area contributed by atoms with Gasteiger partial charge in [0.25, 0.3) is 0 Å². The minimum atomic E-state index is -4.28.